The standard InChI is InChI=1S/C29H27ClFN8O4Si/c30-18-2-1-17(20(31)12-18)11-24-32-7-3-26(35-24)42-19-4-8-38(9-5-19)15-25-34-21-13-22(27-36-28(40)43-37-27)33-14-23(21)39(25)16-29(44)6-10-41-29/h1-3,7,12-14,19H,4-6,8-11,15-16H2,(H,36,37,40)/t29-/m1/s1. The zero-order valence-corrected chi connectivity index (χ0v) is 25.3. The van der Waals surface area contributed by atoms with Crippen molar-refractivity contribution in [3.8, 4) is 17.4 Å². The molecule has 1 N–H and O–H groups in total. The second-order valence-corrected chi connectivity index (χ2v) is 12.4. The average molecular weight is 634 g/mol. The number of nitrogens with one attached hydrogen (secondary N) is 1. The highest BCUT2D eigenvalue weighted by Crippen LogP contribution is 2.29. The van der Waals surface area contributed by atoms with Gasteiger partial charge in [0.15, 0.2) is 0 Å². The van der Waals surface area contributed by atoms with E-state index in [1.165, 1.54) is 6.07 Å². The lowest BCUT2D eigenvalue weighted by Crippen LogP contribution is -2.48. The number of benzene rings is 1. The Morgan fingerprint density at radius 1 is 1.18 bits per heavy atom. The van der Waals surface area contributed by atoms with Gasteiger partial charge < -0.3 is 14.0 Å². The summed E-state index contributed by atoms with van der Waals surface area (Å²) < 4.78 is 33.1. The molecular weight excluding hydrogens is 607 g/mol. The van der Waals surface area contributed by atoms with Crippen LogP contribution in [0.25, 0.3) is 22.6 Å². The Morgan fingerprint density at radius 3 is 2.75 bits per heavy atom. The minimum absolute atomic E-state index is 0.00894. The Morgan fingerprint density at radius 2 is 2.02 bits per heavy atom. The first-order valence-corrected chi connectivity index (χ1v) is 15.1. The number of imidazole rings is 1. The quantitative estimate of drug-likeness (QED) is 0.241. The zero-order chi connectivity index (χ0) is 30.3. The molecule has 1 aromatic carbocycles. The molecule has 4 aromatic heterocycles. The number of pyridine rings is 1. The monoisotopic (exact) mass is 633 g/mol. The van der Waals surface area contributed by atoms with E-state index in [4.69, 9.17) is 26.1 Å². The number of piperidine rings is 1. The fourth-order valence-corrected chi connectivity index (χ4v) is 6.01. The highest BCUT2D eigenvalue weighted by Gasteiger charge is 2.35. The molecule has 2 aliphatic rings. The van der Waals surface area contributed by atoms with E-state index in [9.17, 15) is 9.18 Å². The molecule has 0 aliphatic carbocycles. The summed E-state index contributed by atoms with van der Waals surface area (Å²) >= 11 is 5.87. The fraction of sp³-hybridized carbons (Fsp3) is 0.379. The third kappa shape index (κ3) is 6.15. The number of nitrogens with zero attached hydrogens (tertiary/aromatic N) is 7. The van der Waals surface area contributed by atoms with Gasteiger partial charge in [-0.3, -0.25) is 19.4 Å². The van der Waals surface area contributed by atoms with Gasteiger partial charge in [0, 0.05) is 49.9 Å². The van der Waals surface area contributed by atoms with Gasteiger partial charge in [-0.05, 0) is 43.0 Å². The first-order valence-electron chi connectivity index (χ1n) is 14.3. The van der Waals surface area contributed by atoms with Crippen LogP contribution in [0.4, 0.5) is 4.39 Å². The molecule has 5 aromatic rings. The van der Waals surface area contributed by atoms with E-state index in [0.29, 0.717) is 47.7 Å². The molecular formula is C29H27ClFN8O4Si. The summed E-state index contributed by atoms with van der Waals surface area (Å²) in [6, 6.07) is 8.10. The molecule has 12 nitrogen and oxygen atoms in total. The van der Waals surface area contributed by atoms with Gasteiger partial charge in [0.1, 0.15) is 29.3 Å². The van der Waals surface area contributed by atoms with Gasteiger partial charge in [-0.25, -0.2) is 19.2 Å². The lowest BCUT2D eigenvalue weighted by Gasteiger charge is -2.39. The highest BCUT2D eigenvalue weighted by molar-refractivity contribution is 6.30. The lowest BCUT2D eigenvalue weighted by atomic mass is 10.1. The van der Waals surface area contributed by atoms with Crippen molar-refractivity contribution < 1.29 is 18.4 Å². The number of hydrogen-bond donors (Lipinski definition) is 1. The Bertz CT molecular complexity index is 1870. The van der Waals surface area contributed by atoms with E-state index in [1.807, 2.05) is 0 Å². The molecule has 225 valence electrons. The lowest BCUT2D eigenvalue weighted by molar-refractivity contribution is -0.0947. The molecule has 15 heteroatoms. The molecule has 1 atom stereocenters. The third-order valence-electron chi connectivity index (χ3n) is 7.93. The van der Waals surface area contributed by atoms with Crippen LogP contribution in [0.15, 0.2) is 52.0 Å². The van der Waals surface area contributed by atoms with Gasteiger partial charge in [-0.15, -0.1) is 0 Å². The Balaban J connectivity index is 1.03. The predicted molar refractivity (Wildman–Crippen MR) is 158 cm³/mol. The molecule has 2 saturated heterocycles. The summed E-state index contributed by atoms with van der Waals surface area (Å²) in [5.74, 6) is 1.06. The van der Waals surface area contributed by atoms with E-state index in [0.717, 1.165) is 49.2 Å². The van der Waals surface area contributed by atoms with Crippen LogP contribution in [-0.4, -0.2) is 80.8 Å². The first kappa shape index (κ1) is 28.8. The van der Waals surface area contributed by atoms with Crippen molar-refractivity contribution in [3.05, 3.63) is 81.3 Å². The molecule has 0 spiro atoms. The van der Waals surface area contributed by atoms with Crippen LogP contribution < -0.4 is 10.5 Å². The van der Waals surface area contributed by atoms with Gasteiger partial charge in [0.25, 0.3) is 0 Å². The maximum Gasteiger partial charge on any atom is 0.439 e. The van der Waals surface area contributed by atoms with Crippen molar-refractivity contribution in [2.24, 2.45) is 0 Å². The molecule has 44 heavy (non-hydrogen) atoms. The van der Waals surface area contributed by atoms with E-state index in [2.05, 4.69) is 49.3 Å². The van der Waals surface area contributed by atoms with Crippen LogP contribution in [0.3, 0.4) is 0 Å². The molecule has 2 aliphatic heterocycles. The van der Waals surface area contributed by atoms with Gasteiger partial charge in [0.2, 0.25) is 11.7 Å². The molecule has 6 heterocycles. The summed E-state index contributed by atoms with van der Waals surface area (Å²) in [4.78, 5) is 34.6. The minimum Gasteiger partial charge on any atom is -0.474 e. The van der Waals surface area contributed by atoms with E-state index in [-0.39, 0.29) is 24.2 Å². The highest BCUT2D eigenvalue weighted by atomic mass is 35.5. The summed E-state index contributed by atoms with van der Waals surface area (Å²) in [5.41, 5.74) is 2.54. The maximum atomic E-state index is 14.3. The van der Waals surface area contributed by atoms with Crippen molar-refractivity contribution >= 4 is 32.9 Å². The number of H-pyrrole nitrogens is 1. The second-order valence-electron chi connectivity index (χ2n) is 11.0. The van der Waals surface area contributed by atoms with Crippen molar-refractivity contribution in [1.82, 2.24) is 39.5 Å². The second kappa shape index (κ2) is 11.8. The van der Waals surface area contributed by atoms with E-state index < -0.39 is 11.0 Å². The van der Waals surface area contributed by atoms with Crippen LogP contribution >= 0.6 is 11.6 Å². The fourth-order valence-electron chi connectivity index (χ4n) is 5.49. The van der Waals surface area contributed by atoms with Crippen molar-refractivity contribution in [2.45, 2.75) is 50.1 Å². The van der Waals surface area contributed by atoms with Gasteiger partial charge in [-0.2, -0.15) is 4.98 Å². The molecule has 7 rings (SSSR count). The van der Waals surface area contributed by atoms with Crippen LogP contribution in [0.1, 0.15) is 36.5 Å². The Kier molecular flexibility index (Phi) is 7.74. The number of rotatable bonds is 9. The number of ether oxygens (including phenoxy) is 2. The normalized spacial score (nSPS) is 19.3. The van der Waals surface area contributed by atoms with Gasteiger partial charge in [-0.1, -0.05) is 22.8 Å². The molecule has 0 saturated carbocycles. The summed E-state index contributed by atoms with van der Waals surface area (Å²) in [7, 11) is 3.80. The Labute approximate surface area is 259 Å². The zero-order valence-electron chi connectivity index (χ0n) is 23.5. The summed E-state index contributed by atoms with van der Waals surface area (Å²) in [6.07, 6.45) is 6.10. The van der Waals surface area contributed by atoms with E-state index in [1.54, 1.807) is 36.7 Å². The largest absolute Gasteiger partial charge is 0.474 e. The maximum absolute atomic E-state index is 14.3. The molecule has 3 radical (unpaired) electrons. The van der Waals surface area contributed by atoms with Crippen LogP contribution in [-0.2, 0) is 24.2 Å². The summed E-state index contributed by atoms with van der Waals surface area (Å²) in [5, 5.41) is 3.65. The molecule has 0 bridgehead atoms. The smallest absolute Gasteiger partial charge is 0.439 e. The summed E-state index contributed by atoms with van der Waals surface area (Å²) in [6.45, 7) is 3.52. The van der Waals surface area contributed by atoms with Crippen molar-refractivity contribution in [1.29, 1.82) is 0 Å². The SMILES string of the molecule is O=c1[nH]c(-c2cc3nc(CN4CCC(Oc5ccnc(Cc6ccc(Cl)cc6F)n5)CC4)n(C[C@]4([Si])CCO4)c3cn2)no1. The topological polar surface area (TPSA) is 137 Å². The van der Waals surface area contributed by atoms with Crippen LogP contribution in [0.5, 0.6) is 5.88 Å². The molecule has 0 unspecified atom stereocenters. The van der Waals surface area contributed by atoms with E-state index >= 15 is 0 Å². The number of likely N-dealkylation sites (tertiary alicyclic amines) is 1. The number of fused-ring (bicyclic) bond motifs is 1. The number of halogens is 2. The Hall–Kier alpha value is -3.98. The van der Waals surface area contributed by atoms with Crippen molar-refractivity contribution in [2.75, 3.05) is 19.7 Å². The van der Waals surface area contributed by atoms with Crippen molar-refractivity contribution in [3.63, 3.8) is 0 Å². The number of aromatic nitrogens is 7. The average Bonchev–Trinajstić information content (AvgIpc) is 3.57. The number of hydrogen-bond acceptors (Lipinski definition) is 10. The van der Waals surface area contributed by atoms with Crippen LogP contribution in [0.2, 0.25) is 5.02 Å². The third-order valence-corrected chi connectivity index (χ3v) is 8.71. The van der Waals surface area contributed by atoms with Gasteiger partial charge >= 0.3 is 5.76 Å². The van der Waals surface area contributed by atoms with Crippen LogP contribution in [0, 0.1) is 5.82 Å². The first-order chi connectivity index (χ1) is 21.3. The minimum atomic E-state index is -0.642. The predicted octanol–water partition coefficient (Wildman–Crippen LogP) is 3.28. The number of aromatic amines is 1. The molecule has 2 fully saturated rings. The molecule has 0 amide bonds. The van der Waals surface area contributed by atoms with Gasteiger partial charge in [0.05, 0.1) is 39.2 Å².